The zero-order valence-corrected chi connectivity index (χ0v) is 14.8. The van der Waals surface area contributed by atoms with Crippen molar-refractivity contribution in [3.8, 4) is 0 Å². The second kappa shape index (κ2) is 6.82. The number of hydrogen-bond donors (Lipinski definition) is 0. The first-order valence-corrected chi connectivity index (χ1v) is 8.89. The molecule has 0 atom stereocenters. The van der Waals surface area contributed by atoms with Crippen LogP contribution in [-0.4, -0.2) is 14.6 Å². The van der Waals surface area contributed by atoms with Gasteiger partial charge in [-0.05, 0) is 41.5 Å². The molecule has 4 aromatic rings. The van der Waals surface area contributed by atoms with Gasteiger partial charge in [-0.3, -0.25) is 4.79 Å². The molecule has 0 aliphatic carbocycles. The average Bonchev–Trinajstić information content (AvgIpc) is 3.16. The Kier molecular flexibility index (Phi) is 4.36. The summed E-state index contributed by atoms with van der Waals surface area (Å²) in [7, 11) is 0. The molecular weight excluding hydrogens is 373 g/mol. The van der Waals surface area contributed by atoms with Gasteiger partial charge in [0.25, 0.3) is 5.56 Å². The molecule has 2 aromatic carbocycles. The summed E-state index contributed by atoms with van der Waals surface area (Å²) in [6.45, 7) is 0. The molecule has 26 heavy (non-hydrogen) atoms. The SMILES string of the molecule is O=c1c(=Cc2ccccc2Cl)sc2nc(C=Cc3ccc(F)cc3)nn12. The monoisotopic (exact) mass is 383 g/mol. The van der Waals surface area contributed by atoms with Gasteiger partial charge in [-0.15, -0.1) is 5.10 Å². The highest BCUT2D eigenvalue weighted by atomic mass is 35.5. The highest BCUT2D eigenvalue weighted by molar-refractivity contribution is 7.15. The third-order valence-electron chi connectivity index (χ3n) is 3.68. The lowest BCUT2D eigenvalue weighted by Gasteiger charge is -1.94. The normalized spacial score (nSPS) is 12.5. The van der Waals surface area contributed by atoms with Crippen LogP contribution in [0.3, 0.4) is 0 Å². The molecule has 128 valence electrons. The first-order valence-electron chi connectivity index (χ1n) is 7.70. The number of halogens is 2. The number of nitrogens with zero attached hydrogens (tertiary/aromatic N) is 3. The number of benzene rings is 2. The van der Waals surface area contributed by atoms with Gasteiger partial charge in [0, 0.05) is 5.02 Å². The van der Waals surface area contributed by atoms with E-state index in [9.17, 15) is 9.18 Å². The lowest BCUT2D eigenvalue weighted by molar-refractivity contribution is 0.628. The third kappa shape index (κ3) is 3.29. The zero-order chi connectivity index (χ0) is 18.1. The molecule has 2 heterocycles. The van der Waals surface area contributed by atoms with Crippen LogP contribution >= 0.6 is 22.9 Å². The van der Waals surface area contributed by atoms with E-state index in [-0.39, 0.29) is 11.4 Å². The molecule has 0 radical (unpaired) electrons. The molecule has 7 heteroatoms. The summed E-state index contributed by atoms with van der Waals surface area (Å²) in [5.41, 5.74) is 1.35. The van der Waals surface area contributed by atoms with Crippen LogP contribution in [0.2, 0.25) is 5.02 Å². The second-order valence-electron chi connectivity index (χ2n) is 5.49. The van der Waals surface area contributed by atoms with E-state index in [1.165, 1.54) is 28.0 Å². The van der Waals surface area contributed by atoms with Crippen molar-refractivity contribution in [1.29, 1.82) is 0 Å². The summed E-state index contributed by atoms with van der Waals surface area (Å²) in [6, 6.07) is 13.4. The van der Waals surface area contributed by atoms with Gasteiger partial charge in [-0.1, -0.05) is 59.3 Å². The predicted octanol–water partition coefficient (Wildman–Crippen LogP) is 3.66. The fraction of sp³-hybridized carbons (Fsp3) is 0. The largest absolute Gasteiger partial charge is 0.291 e. The first-order chi connectivity index (χ1) is 12.6. The number of rotatable bonds is 3. The average molecular weight is 384 g/mol. The quantitative estimate of drug-likeness (QED) is 0.542. The van der Waals surface area contributed by atoms with Gasteiger partial charge in [-0.25, -0.2) is 4.39 Å². The number of aromatic nitrogens is 3. The summed E-state index contributed by atoms with van der Waals surface area (Å²) >= 11 is 7.39. The minimum absolute atomic E-state index is 0.237. The molecule has 2 aromatic heterocycles. The standard InChI is InChI=1S/C19H11ClFN3OS/c20-15-4-2-1-3-13(15)11-16-18(25)24-19(26-16)22-17(23-24)10-7-12-5-8-14(21)9-6-12/h1-11H. The van der Waals surface area contributed by atoms with Crippen molar-refractivity contribution in [3.05, 3.63) is 91.2 Å². The van der Waals surface area contributed by atoms with Crippen molar-refractivity contribution in [2.45, 2.75) is 0 Å². The Morgan fingerprint density at radius 2 is 1.85 bits per heavy atom. The van der Waals surface area contributed by atoms with E-state index in [2.05, 4.69) is 10.1 Å². The van der Waals surface area contributed by atoms with Crippen LogP contribution in [0, 0.1) is 5.82 Å². The van der Waals surface area contributed by atoms with Gasteiger partial charge in [0.05, 0.1) is 4.53 Å². The smallest absolute Gasteiger partial charge is 0.266 e. The van der Waals surface area contributed by atoms with Crippen molar-refractivity contribution >= 4 is 46.1 Å². The van der Waals surface area contributed by atoms with Crippen molar-refractivity contribution < 1.29 is 4.39 Å². The van der Waals surface area contributed by atoms with Crippen molar-refractivity contribution in [2.24, 2.45) is 0 Å². The van der Waals surface area contributed by atoms with Crippen LogP contribution in [0.1, 0.15) is 17.0 Å². The van der Waals surface area contributed by atoms with Gasteiger partial charge in [0.15, 0.2) is 5.82 Å². The van der Waals surface area contributed by atoms with E-state index in [1.54, 1.807) is 36.4 Å². The van der Waals surface area contributed by atoms with Crippen LogP contribution in [0.15, 0.2) is 53.3 Å². The van der Waals surface area contributed by atoms with E-state index in [1.807, 2.05) is 18.2 Å². The Morgan fingerprint density at radius 3 is 2.58 bits per heavy atom. The maximum atomic E-state index is 12.9. The van der Waals surface area contributed by atoms with Gasteiger partial charge in [0.1, 0.15) is 5.82 Å². The van der Waals surface area contributed by atoms with Gasteiger partial charge < -0.3 is 0 Å². The maximum absolute atomic E-state index is 12.9. The highest BCUT2D eigenvalue weighted by Crippen LogP contribution is 2.15. The van der Waals surface area contributed by atoms with Gasteiger partial charge >= 0.3 is 0 Å². The molecule has 0 saturated heterocycles. The Bertz CT molecular complexity index is 1230. The molecule has 4 rings (SSSR count). The molecule has 0 unspecified atom stereocenters. The molecule has 0 fully saturated rings. The summed E-state index contributed by atoms with van der Waals surface area (Å²) in [5.74, 6) is 0.128. The fourth-order valence-electron chi connectivity index (χ4n) is 2.40. The van der Waals surface area contributed by atoms with E-state index in [4.69, 9.17) is 11.6 Å². The van der Waals surface area contributed by atoms with Crippen molar-refractivity contribution in [1.82, 2.24) is 14.6 Å². The Hall–Kier alpha value is -2.83. The number of thiazole rings is 1. The minimum Gasteiger partial charge on any atom is -0.266 e. The molecule has 0 bridgehead atoms. The Labute approximate surface area is 156 Å². The molecule has 4 nitrogen and oxygen atoms in total. The molecular formula is C19H11ClFN3OS. The lowest BCUT2D eigenvalue weighted by Crippen LogP contribution is -2.23. The van der Waals surface area contributed by atoms with E-state index >= 15 is 0 Å². The number of fused-ring (bicyclic) bond motifs is 1. The Morgan fingerprint density at radius 1 is 1.08 bits per heavy atom. The number of hydrogen-bond acceptors (Lipinski definition) is 4. The van der Waals surface area contributed by atoms with Crippen molar-refractivity contribution in [3.63, 3.8) is 0 Å². The van der Waals surface area contributed by atoms with Crippen molar-refractivity contribution in [2.75, 3.05) is 0 Å². The van der Waals surface area contributed by atoms with Crippen LogP contribution in [0.25, 0.3) is 23.2 Å². The predicted molar refractivity (Wildman–Crippen MR) is 103 cm³/mol. The molecule has 0 amide bonds. The Balaban J connectivity index is 1.69. The van der Waals surface area contributed by atoms with Crippen LogP contribution in [-0.2, 0) is 0 Å². The van der Waals surface area contributed by atoms with Gasteiger partial charge in [0.2, 0.25) is 4.96 Å². The van der Waals surface area contributed by atoms with Gasteiger partial charge in [-0.2, -0.15) is 9.50 Å². The molecule has 0 saturated carbocycles. The second-order valence-corrected chi connectivity index (χ2v) is 6.90. The zero-order valence-electron chi connectivity index (χ0n) is 13.3. The lowest BCUT2D eigenvalue weighted by atomic mass is 10.2. The summed E-state index contributed by atoms with van der Waals surface area (Å²) in [6.07, 6.45) is 5.18. The van der Waals surface area contributed by atoms with E-state index < -0.39 is 0 Å². The van der Waals surface area contributed by atoms with Crippen LogP contribution in [0.4, 0.5) is 4.39 Å². The van der Waals surface area contributed by atoms with E-state index in [0.717, 1.165) is 11.1 Å². The van der Waals surface area contributed by atoms with Crippen LogP contribution in [0.5, 0.6) is 0 Å². The summed E-state index contributed by atoms with van der Waals surface area (Å²) < 4.78 is 14.7. The molecule has 0 aliphatic rings. The molecule has 0 N–H and O–H groups in total. The third-order valence-corrected chi connectivity index (χ3v) is 4.99. The summed E-state index contributed by atoms with van der Waals surface area (Å²) in [4.78, 5) is 17.4. The van der Waals surface area contributed by atoms with Crippen LogP contribution < -0.4 is 10.1 Å². The fourth-order valence-corrected chi connectivity index (χ4v) is 3.49. The first kappa shape index (κ1) is 16.6. The topological polar surface area (TPSA) is 47.3 Å². The highest BCUT2D eigenvalue weighted by Gasteiger charge is 2.09. The molecule has 0 aliphatic heterocycles. The van der Waals surface area contributed by atoms with E-state index in [0.29, 0.717) is 20.3 Å². The molecule has 0 spiro atoms. The summed E-state index contributed by atoms with van der Waals surface area (Å²) in [5, 5.41) is 4.80. The minimum atomic E-state index is -0.291. The maximum Gasteiger partial charge on any atom is 0.291 e.